The number of rotatable bonds is 4. The largest absolute Gasteiger partial charge is 0.454 e. The summed E-state index contributed by atoms with van der Waals surface area (Å²) in [5.74, 6) is 2.37. The summed E-state index contributed by atoms with van der Waals surface area (Å²) < 4.78 is 10.7. The maximum absolute atomic E-state index is 5.39. The highest BCUT2D eigenvalue weighted by Gasteiger charge is 2.13. The summed E-state index contributed by atoms with van der Waals surface area (Å²) in [4.78, 5) is 8.60. The molecule has 1 aromatic heterocycles. The molecule has 1 N–H and O–H groups in total. The van der Waals surface area contributed by atoms with E-state index in [1.165, 1.54) is 0 Å². The fourth-order valence-electron chi connectivity index (χ4n) is 2.46. The number of hydrogen-bond donors (Lipinski definition) is 1. The molecule has 4 rings (SSSR count). The molecule has 2 heterocycles. The average Bonchev–Trinajstić information content (AvgIpc) is 3.09. The zero-order valence-corrected chi connectivity index (χ0v) is 12.4. The zero-order chi connectivity index (χ0) is 15.5. The number of nitrogens with zero attached hydrogens (tertiary/aromatic N) is 2. The molecule has 5 nitrogen and oxygen atoms in total. The Hall–Kier alpha value is -3.08. The Morgan fingerprint density at radius 2 is 1.78 bits per heavy atom. The van der Waals surface area contributed by atoms with Crippen molar-refractivity contribution in [2.45, 2.75) is 6.54 Å². The molecule has 0 fully saturated rings. The van der Waals surface area contributed by atoms with Crippen LogP contribution in [-0.2, 0) is 6.54 Å². The molecule has 0 bridgehead atoms. The molecule has 23 heavy (non-hydrogen) atoms. The summed E-state index contributed by atoms with van der Waals surface area (Å²) in [6, 6.07) is 17.9. The minimum Gasteiger partial charge on any atom is -0.454 e. The Balaban J connectivity index is 1.49. The SMILES string of the molecule is c1ccc(-c2cc(NCc3ccc4c(c3)OCO4)ncn2)cc1. The molecule has 0 spiro atoms. The fraction of sp³-hybridized carbons (Fsp3) is 0.111. The number of hydrogen-bond acceptors (Lipinski definition) is 5. The van der Waals surface area contributed by atoms with E-state index in [2.05, 4.69) is 15.3 Å². The van der Waals surface area contributed by atoms with Crippen LogP contribution >= 0.6 is 0 Å². The van der Waals surface area contributed by atoms with Crippen LogP contribution in [0.25, 0.3) is 11.3 Å². The van der Waals surface area contributed by atoms with E-state index in [0.717, 1.165) is 34.1 Å². The second-order valence-corrected chi connectivity index (χ2v) is 5.20. The average molecular weight is 305 g/mol. The van der Waals surface area contributed by atoms with E-state index in [0.29, 0.717) is 13.3 Å². The summed E-state index contributed by atoms with van der Waals surface area (Å²) in [6.45, 7) is 0.945. The molecule has 0 saturated heterocycles. The molecule has 0 aliphatic carbocycles. The van der Waals surface area contributed by atoms with Crippen molar-refractivity contribution >= 4 is 5.82 Å². The molecule has 5 heteroatoms. The first kappa shape index (κ1) is 13.6. The Bertz CT molecular complexity index is 822. The quantitative estimate of drug-likeness (QED) is 0.799. The van der Waals surface area contributed by atoms with Crippen LogP contribution in [0.1, 0.15) is 5.56 Å². The summed E-state index contributed by atoms with van der Waals surface area (Å²) >= 11 is 0. The second kappa shape index (κ2) is 5.96. The molecule has 0 unspecified atom stereocenters. The predicted octanol–water partition coefficient (Wildman–Crippen LogP) is 3.48. The summed E-state index contributed by atoms with van der Waals surface area (Å²) in [7, 11) is 0. The highest BCUT2D eigenvalue weighted by molar-refractivity contribution is 5.61. The van der Waals surface area contributed by atoms with E-state index >= 15 is 0 Å². The molecule has 3 aromatic rings. The van der Waals surface area contributed by atoms with Gasteiger partial charge in [-0.25, -0.2) is 9.97 Å². The number of aromatic nitrogens is 2. The lowest BCUT2D eigenvalue weighted by Gasteiger charge is -2.08. The third-order valence-corrected chi connectivity index (χ3v) is 3.65. The molecular formula is C18H15N3O2. The summed E-state index contributed by atoms with van der Waals surface area (Å²) in [6.07, 6.45) is 1.57. The van der Waals surface area contributed by atoms with Crippen molar-refractivity contribution in [2.75, 3.05) is 12.1 Å². The fourth-order valence-corrected chi connectivity index (χ4v) is 2.46. The first-order chi connectivity index (χ1) is 11.4. The van der Waals surface area contributed by atoms with Gasteiger partial charge in [0.2, 0.25) is 6.79 Å². The van der Waals surface area contributed by atoms with Crippen LogP contribution in [-0.4, -0.2) is 16.8 Å². The molecule has 2 aromatic carbocycles. The normalized spacial score (nSPS) is 12.2. The highest BCUT2D eigenvalue weighted by Crippen LogP contribution is 2.32. The minimum atomic E-state index is 0.290. The lowest BCUT2D eigenvalue weighted by Crippen LogP contribution is -2.02. The van der Waals surface area contributed by atoms with Crippen molar-refractivity contribution in [1.29, 1.82) is 0 Å². The van der Waals surface area contributed by atoms with Crippen LogP contribution in [0.3, 0.4) is 0 Å². The molecule has 0 saturated carbocycles. The molecule has 1 aliphatic rings. The summed E-state index contributed by atoms with van der Waals surface area (Å²) in [5, 5.41) is 3.31. The van der Waals surface area contributed by atoms with Gasteiger partial charge in [-0.1, -0.05) is 36.4 Å². The summed E-state index contributed by atoms with van der Waals surface area (Å²) in [5.41, 5.74) is 3.07. The minimum absolute atomic E-state index is 0.290. The van der Waals surface area contributed by atoms with Crippen LogP contribution in [0.4, 0.5) is 5.82 Å². The number of anilines is 1. The van der Waals surface area contributed by atoms with E-state index in [4.69, 9.17) is 9.47 Å². The molecule has 114 valence electrons. The zero-order valence-electron chi connectivity index (χ0n) is 12.4. The van der Waals surface area contributed by atoms with Crippen molar-refractivity contribution in [3.8, 4) is 22.8 Å². The van der Waals surface area contributed by atoms with E-state index in [9.17, 15) is 0 Å². The van der Waals surface area contributed by atoms with Crippen molar-refractivity contribution in [1.82, 2.24) is 9.97 Å². The van der Waals surface area contributed by atoms with Gasteiger partial charge in [0.15, 0.2) is 11.5 Å². The van der Waals surface area contributed by atoms with Gasteiger partial charge in [-0.05, 0) is 17.7 Å². The van der Waals surface area contributed by atoms with Crippen molar-refractivity contribution in [2.24, 2.45) is 0 Å². The number of fused-ring (bicyclic) bond motifs is 1. The first-order valence-corrected chi connectivity index (χ1v) is 7.38. The lowest BCUT2D eigenvalue weighted by molar-refractivity contribution is 0.174. The third kappa shape index (κ3) is 2.94. The van der Waals surface area contributed by atoms with Crippen LogP contribution in [0.5, 0.6) is 11.5 Å². The van der Waals surface area contributed by atoms with Gasteiger partial charge < -0.3 is 14.8 Å². The number of benzene rings is 2. The van der Waals surface area contributed by atoms with E-state index in [1.54, 1.807) is 6.33 Å². The maximum Gasteiger partial charge on any atom is 0.231 e. The van der Waals surface area contributed by atoms with Gasteiger partial charge in [0.1, 0.15) is 12.1 Å². The van der Waals surface area contributed by atoms with Gasteiger partial charge >= 0.3 is 0 Å². The molecule has 0 amide bonds. The van der Waals surface area contributed by atoms with E-state index < -0.39 is 0 Å². The van der Waals surface area contributed by atoms with Gasteiger partial charge in [-0.15, -0.1) is 0 Å². The highest BCUT2D eigenvalue weighted by atomic mass is 16.7. The van der Waals surface area contributed by atoms with Gasteiger partial charge in [0.05, 0.1) is 5.69 Å². The Morgan fingerprint density at radius 1 is 0.913 bits per heavy atom. The Kier molecular flexibility index (Phi) is 3.52. The molecule has 0 atom stereocenters. The second-order valence-electron chi connectivity index (χ2n) is 5.20. The van der Waals surface area contributed by atoms with Gasteiger partial charge in [0.25, 0.3) is 0 Å². The number of ether oxygens (including phenoxy) is 2. The van der Waals surface area contributed by atoms with Crippen LogP contribution < -0.4 is 14.8 Å². The monoisotopic (exact) mass is 305 g/mol. The topological polar surface area (TPSA) is 56.3 Å². The third-order valence-electron chi connectivity index (χ3n) is 3.65. The van der Waals surface area contributed by atoms with Crippen molar-refractivity contribution in [3.63, 3.8) is 0 Å². The van der Waals surface area contributed by atoms with Gasteiger partial charge in [-0.3, -0.25) is 0 Å². The lowest BCUT2D eigenvalue weighted by atomic mass is 10.1. The van der Waals surface area contributed by atoms with Crippen molar-refractivity contribution < 1.29 is 9.47 Å². The van der Waals surface area contributed by atoms with Gasteiger partial charge in [0, 0.05) is 18.2 Å². The smallest absolute Gasteiger partial charge is 0.231 e. The molecule has 0 radical (unpaired) electrons. The molecular weight excluding hydrogens is 290 g/mol. The Labute approximate surface area is 133 Å². The standard InChI is InChI=1S/C18H15N3O2/c1-2-4-14(5-3-1)15-9-18(21-11-20-15)19-10-13-6-7-16-17(8-13)23-12-22-16/h1-9,11H,10,12H2,(H,19,20,21). The van der Waals surface area contributed by atoms with E-state index in [-0.39, 0.29) is 0 Å². The molecule has 1 aliphatic heterocycles. The predicted molar refractivity (Wildman–Crippen MR) is 87.4 cm³/mol. The Morgan fingerprint density at radius 3 is 2.70 bits per heavy atom. The van der Waals surface area contributed by atoms with Crippen LogP contribution in [0, 0.1) is 0 Å². The van der Waals surface area contributed by atoms with Crippen molar-refractivity contribution in [3.05, 3.63) is 66.5 Å². The van der Waals surface area contributed by atoms with Gasteiger partial charge in [-0.2, -0.15) is 0 Å². The maximum atomic E-state index is 5.39. The van der Waals surface area contributed by atoms with Crippen LogP contribution in [0.2, 0.25) is 0 Å². The van der Waals surface area contributed by atoms with E-state index in [1.807, 2.05) is 54.6 Å². The first-order valence-electron chi connectivity index (χ1n) is 7.38. The number of nitrogens with one attached hydrogen (secondary N) is 1. The van der Waals surface area contributed by atoms with Crippen LogP contribution in [0.15, 0.2) is 60.9 Å².